The lowest BCUT2D eigenvalue weighted by molar-refractivity contribution is -0.129. The van der Waals surface area contributed by atoms with E-state index in [4.69, 9.17) is 20.5 Å². The maximum atomic E-state index is 12.8. The summed E-state index contributed by atoms with van der Waals surface area (Å²) in [6, 6.07) is 18.5. The summed E-state index contributed by atoms with van der Waals surface area (Å²) in [5.41, 5.74) is 1.31. The van der Waals surface area contributed by atoms with Crippen molar-refractivity contribution in [2.24, 2.45) is 4.99 Å². The van der Waals surface area contributed by atoms with Gasteiger partial charge in [-0.1, -0.05) is 29.8 Å². The minimum atomic E-state index is -4.19. The van der Waals surface area contributed by atoms with Crippen LogP contribution in [0.1, 0.15) is 18.1 Å². The van der Waals surface area contributed by atoms with Crippen molar-refractivity contribution in [2.45, 2.75) is 11.8 Å². The van der Waals surface area contributed by atoms with Crippen LogP contribution in [0.15, 0.2) is 88.4 Å². The van der Waals surface area contributed by atoms with E-state index in [-0.39, 0.29) is 28.1 Å². The lowest BCUT2D eigenvalue weighted by Crippen LogP contribution is -2.11. The number of nitrogens with one attached hydrogen (secondary N) is 1. The van der Waals surface area contributed by atoms with Gasteiger partial charge in [-0.3, -0.25) is 4.79 Å². The van der Waals surface area contributed by atoms with Crippen molar-refractivity contribution in [3.8, 4) is 5.75 Å². The molecule has 1 N–H and O–H groups in total. The van der Waals surface area contributed by atoms with Gasteiger partial charge in [0.25, 0.3) is 0 Å². The van der Waals surface area contributed by atoms with Crippen LogP contribution in [-0.4, -0.2) is 26.2 Å². The summed E-state index contributed by atoms with van der Waals surface area (Å²) in [4.78, 5) is 27.6. The Morgan fingerprint density at radius 1 is 1.03 bits per heavy atom. The van der Waals surface area contributed by atoms with E-state index in [1.165, 1.54) is 43.3 Å². The maximum Gasteiger partial charge on any atom is 0.363 e. The largest absolute Gasteiger partial charge is 0.402 e. The molecule has 8 nitrogen and oxygen atoms in total. The molecule has 172 valence electrons. The Hall–Kier alpha value is -3.95. The van der Waals surface area contributed by atoms with Gasteiger partial charge in [0.05, 0.1) is 0 Å². The van der Waals surface area contributed by atoms with E-state index in [1.54, 1.807) is 42.5 Å². The summed E-state index contributed by atoms with van der Waals surface area (Å²) in [6.45, 7) is 1.35. The molecular formula is C24H17ClN2O6S. The molecule has 1 aliphatic rings. The lowest BCUT2D eigenvalue weighted by Gasteiger charge is -2.10. The van der Waals surface area contributed by atoms with Crippen LogP contribution in [0.25, 0.3) is 6.08 Å². The topological polar surface area (TPSA) is 111 Å². The number of para-hydroxylation sites is 1. The second-order valence-corrected chi connectivity index (χ2v) is 9.11. The number of anilines is 1. The van der Waals surface area contributed by atoms with Crippen molar-refractivity contribution in [3.05, 3.63) is 94.6 Å². The first kappa shape index (κ1) is 23.2. The van der Waals surface area contributed by atoms with Crippen molar-refractivity contribution in [2.75, 3.05) is 5.32 Å². The predicted octanol–water partition coefficient (Wildman–Crippen LogP) is 4.41. The van der Waals surface area contributed by atoms with Crippen molar-refractivity contribution in [1.29, 1.82) is 0 Å². The van der Waals surface area contributed by atoms with Crippen LogP contribution in [0, 0.1) is 0 Å². The zero-order chi connectivity index (χ0) is 24.3. The molecule has 34 heavy (non-hydrogen) atoms. The van der Waals surface area contributed by atoms with Gasteiger partial charge >= 0.3 is 16.1 Å². The number of cyclic esters (lactones) is 1. The summed E-state index contributed by atoms with van der Waals surface area (Å²) < 4.78 is 36.2. The van der Waals surface area contributed by atoms with Gasteiger partial charge in [0.2, 0.25) is 11.8 Å². The zero-order valence-electron chi connectivity index (χ0n) is 17.7. The van der Waals surface area contributed by atoms with Gasteiger partial charge in [-0.05, 0) is 60.7 Å². The van der Waals surface area contributed by atoms with Crippen LogP contribution in [0.3, 0.4) is 0 Å². The van der Waals surface area contributed by atoms with Crippen molar-refractivity contribution < 1.29 is 26.9 Å². The SMILES string of the molecule is CC(=O)Nc1ccc(S(=O)(=O)Oc2ccccc2/C=C2\N=C(c3ccc(Cl)cc3)OC2=O)cc1. The molecule has 0 aromatic heterocycles. The van der Waals surface area contributed by atoms with Crippen molar-refractivity contribution in [1.82, 2.24) is 0 Å². The zero-order valence-corrected chi connectivity index (χ0v) is 19.3. The fourth-order valence-corrected chi connectivity index (χ4v) is 4.10. The molecule has 0 aliphatic carbocycles. The highest BCUT2D eigenvalue weighted by molar-refractivity contribution is 7.87. The molecule has 1 heterocycles. The summed E-state index contributed by atoms with van der Waals surface area (Å²) in [5, 5.41) is 3.09. The second kappa shape index (κ2) is 9.50. The van der Waals surface area contributed by atoms with Gasteiger partial charge in [0, 0.05) is 28.8 Å². The number of halogens is 1. The normalized spacial score (nSPS) is 14.5. The third kappa shape index (κ3) is 5.33. The molecular weight excluding hydrogens is 480 g/mol. The Morgan fingerprint density at radius 2 is 1.71 bits per heavy atom. The Balaban J connectivity index is 1.60. The molecule has 0 atom stereocenters. The molecule has 0 unspecified atom stereocenters. The van der Waals surface area contributed by atoms with E-state index in [1.807, 2.05) is 0 Å². The lowest BCUT2D eigenvalue weighted by atomic mass is 10.1. The molecule has 0 fully saturated rings. The second-order valence-electron chi connectivity index (χ2n) is 7.12. The average molecular weight is 497 g/mol. The van der Waals surface area contributed by atoms with Crippen LogP contribution in [0.5, 0.6) is 5.75 Å². The average Bonchev–Trinajstić information content (AvgIpc) is 3.15. The maximum absolute atomic E-state index is 12.8. The number of aliphatic imine (C=N–C) groups is 1. The van der Waals surface area contributed by atoms with E-state index >= 15 is 0 Å². The number of amides is 1. The van der Waals surface area contributed by atoms with E-state index in [0.29, 0.717) is 21.8 Å². The summed E-state index contributed by atoms with van der Waals surface area (Å²) in [7, 11) is -4.19. The molecule has 3 aromatic carbocycles. The monoisotopic (exact) mass is 496 g/mol. The van der Waals surface area contributed by atoms with E-state index in [0.717, 1.165) is 0 Å². The van der Waals surface area contributed by atoms with Crippen molar-refractivity contribution >= 4 is 51.3 Å². The first-order chi connectivity index (χ1) is 16.2. The predicted molar refractivity (Wildman–Crippen MR) is 127 cm³/mol. The Labute approximate surface area is 200 Å². The molecule has 0 saturated heterocycles. The van der Waals surface area contributed by atoms with Gasteiger partial charge in [-0.2, -0.15) is 8.42 Å². The van der Waals surface area contributed by atoms with Crippen LogP contribution < -0.4 is 9.50 Å². The number of carbonyl (C=O) groups excluding carboxylic acids is 2. The molecule has 0 saturated carbocycles. The standard InChI is InChI=1S/C24H17ClN2O6S/c1-15(28)26-19-10-12-20(13-11-19)34(30,31)33-22-5-3-2-4-17(22)14-21-24(29)32-23(27-21)16-6-8-18(25)9-7-16/h2-14H,1H3,(H,26,28)/b21-14-. The van der Waals surface area contributed by atoms with Gasteiger partial charge in [0.1, 0.15) is 10.6 Å². The Bertz CT molecular complexity index is 1430. The van der Waals surface area contributed by atoms with Gasteiger partial charge < -0.3 is 14.2 Å². The highest BCUT2D eigenvalue weighted by atomic mass is 35.5. The number of carbonyl (C=O) groups is 2. The first-order valence-corrected chi connectivity index (χ1v) is 11.7. The quantitative estimate of drug-likeness (QED) is 0.307. The smallest absolute Gasteiger partial charge is 0.363 e. The molecule has 4 rings (SSSR count). The third-order valence-electron chi connectivity index (χ3n) is 4.59. The van der Waals surface area contributed by atoms with E-state index in [9.17, 15) is 18.0 Å². The molecule has 1 amide bonds. The van der Waals surface area contributed by atoms with E-state index in [2.05, 4.69) is 10.3 Å². The number of benzene rings is 3. The minimum absolute atomic E-state index is 0.00359. The number of nitrogens with zero attached hydrogens (tertiary/aromatic N) is 1. The first-order valence-electron chi connectivity index (χ1n) is 9.91. The third-order valence-corrected chi connectivity index (χ3v) is 6.09. The highest BCUT2D eigenvalue weighted by Gasteiger charge is 2.25. The molecule has 10 heteroatoms. The number of hydrogen-bond donors (Lipinski definition) is 1. The summed E-state index contributed by atoms with van der Waals surface area (Å²) in [5.74, 6) is -0.848. The molecule has 3 aromatic rings. The Morgan fingerprint density at radius 3 is 2.38 bits per heavy atom. The van der Waals surface area contributed by atoms with Crippen molar-refractivity contribution in [3.63, 3.8) is 0 Å². The van der Waals surface area contributed by atoms with E-state index < -0.39 is 16.1 Å². The number of hydrogen-bond acceptors (Lipinski definition) is 7. The van der Waals surface area contributed by atoms with Crippen LogP contribution in [0.4, 0.5) is 5.69 Å². The number of ether oxygens (including phenoxy) is 1. The summed E-state index contributed by atoms with van der Waals surface area (Å²) in [6.07, 6.45) is 1.38. The Kier molecular flexibility index (Phi) is 6.49. The molecule has 0 spiro atoms. The van der Waals surface area contributed by atoms with Crippen LogP contribution in [0.2, 0.25) is 5.02 Å². The van der Waals surface area contributed by atoms with Gasteiger partial charge in [0.15, 0.2) is 5.70 Å². The molecule has 1 aliphatic heterocycles. The van der Waals surface area contributed by atoms with Crippen LogP contribution >= 0.6 is 11.6 Å². The fourth-order valence-electron chi connectivity index (χ4n) is 3.02. The minimum Gasteiger partial charge on any atom is -0.402 e. The van der Waals surface area contributed by atoms with Crippen LogP contribution in [-0.2, 0) is 24.4 Å². The fraction of sp³-hybridized carbons (Fsp3) is 0.0417. The van der Waals surface area contributed by atoms with Gasteiger partial charge in [-0.15, -0.1) is 0 Å². The molecule has 0 bridgehead atoms. The molecule has 0 radical (unpaired) electrons. The summed E-state index contributed by atoms with van der Waals surface area (Å²) >= 11 is 5.89. The van der Waals surface area contributed by atoms with Gasteiger partial charge in [-0.25, -0.2) is 9.79 Å². The number of esters is 1. The number of rotatable bonds is 6. The highest BCUT2D eigenvalue weighted by Crippen LogP contribution is 2.28.